The van der Waals surface area contributed by atoms with E-state index in [4.69, 9.17) is 32.1 Å². The molecule has 0 unspecified atom stereocenters. The van der Waals surface area contributed by atoms with Crippen molar-refractivity contribution in [2.45, 2.75) is 52.4 Å². The Balaban J connectivity index is 0. The fourth-order valence-corrected chi connectivity index (χ4v) is 1.53. The number of unbranched alkanes of at least 4 members (excludes halogenated alkanes) is 4. The Morgan fingerprint density at radius 3 is 1.87 bits per heavy atom. The van der Waals surface area contributed by atoms with Crippen LogP contribution in [-0.4, -0.2) is 18.3 Å². The van der Waals surface area contributed by atoms with Crippen LogP contribution in [0.15, 0.2) is 0 Å². The Bertz CT molecular complexity index is 101. The summed E-state index contributed by atoms with van der Waals surface area (Å²) in [5, 5.41) is 8.20. The molecule has 0 aliphatic heterocycles. The van der Waals surface area contributed by atoms with E-state index in [1.54, 1.807) is 0 Å². The van der Waals surface area contributed by atoms with Crippen molar-refractivity contribution < 1.29 is 9.63 Å². The molecule has 1 N–H and O–H groups in total. The highest BCUT2D eigenvalue weighted by Crippen LogP contribution is 2.47. The SMILES string of the molecule is CCCCCO.CCCCCOP(Cl)Cl. The first-order chi connectivity index (χ1) is 7.18. The number of aliphatic hydroxyl groups is 1. The second-order valence-corrected chi connectivity index (χ2v) is 6.20. The number of aliphatic hydroxyl groups excluding tert-OH is 1. The zero-order chi connectivity index (χ0) is 11.9. The largest absolute Gasteiger partial charge is 0.396 e. The van der Waals surface area contributed by atoms with Gasteiger partial charge in [0.05, 0.1) is 6.61 Å². The second-order valence-electron chi connectivity index (χ2n) is 3.17. The summed E-state index contributed by atoms with van der Waals surface area (Å²) < 4.78 is 4.94. The Kier molecular flexibility index (Phi) is 21.1. The first kappa shape index (κ1) is 18.3. The van der Waals surface area contributed by atoms with Crippen LogP contribution in [0.5, 0.6) is 0 Å². The van der Waals surface area contributed by atoms with Gasteiger partial charge in [0.15, 0.2) is 0 Å². The summed E-state index contributed by atoms with van der Waals surface area (Å²) in [6.07, 6.45) is 6.78. The van der Waals surface area contributed by atoms with Gasteiger partial charge in [-0.25, -0.2) is 0 Å². The van der Waals surface area contributed by atoms with E-state index in [0.717, 1.165) is 19.3 Å². The highest BCUT2D eigenvalue weighted by Gasteiger charge is 1.96. The molecular formula is C10H23Cl2O2P. The first-order valence-electron chi connectivity index (χ1n) is 5.54. The van der Waals surface area contributed by atoms with E-state index in [1.165, 1.54) is 19.3 Å². The Morgan fingerprint density at radius 2 is 1.53 bits per heavy atom. The third-order valence-electron chi connectivity index (χ3n) is 1.70. The molecule has 0 saturated carbocycles. The van der Waals surface area contributed by atoms with Crippen LogP contribution in [0.1, 0.15) is 52.4 Å². The molecule has 5 heteroatoms. The molecule has 0 heterocycles. The Labute approximate surface area is 105 Å². The van der Waals surface area contributed by atoms with Gasteiger partial charge >= 0.3 is 0 Å². The van der Waals surface area contributed by atoms with Gasteiger partial charge in [0.25, 0.3) is 0 Å². The molecule has 0 aromatic rings. The van der Waals surface area contributed by atoms with Crippen LogP contribution in [0.25, 0.3) is 0 Å². The molecule has 0 aromatic carbocycles. The van der Waals surface area contributed by atoms with Gasteiger partial charge in [-0.3, -0.25) is 0 Å². The number of hydrogen-bond donors (Lipinski definition) is 1. The summed E-state index contributed by atoms with van der Waals surface area (Å²) in [4.78, 5) is 0. The minimum Gasteiger partial charge on any atom is -0.396 e. The molecule has 0 amide bonds. The molecule has 0 fully saturated rings. The zero-order valence-corrected chi connectivity index (χ0v) is 12.1. The number of hydrogen-bond acceptors (Lipinski definition) is 2. The van der Waals surface area contributed by atoms with Gasteiger partial charge in [0.1, 0.15) is 0 Å². The normalized spacial score (nSPS) is 10.0. The van der Waals surface area contributed by atoms with E-state index < -0.39 is 6.85 Å². The van der Waals surface area contributed by atoms with Crippen molar-refractivity contribution in [3.63, 3.8) is 0 Å². The van der Waals surface area contributed by atoms with Gasteiger partial charge in [0, 0.05) is 6.61 Å². The Hall–Kier alpha value is 0.930. The van der Waals surface area contributed by atoms with E-state index in [-0.39, 0.29) is 0 Å². The van der Waals surface area contributed by atoms with E-state index in [0.29, 0.717) is 13.2 Å². The van der Waals surface area contributed by atoms with Crippen LogP contribution < -0.4 is 0 Å². The van der Waals surface area contributed by atoms with Gasteiger partial charge in [-0.05, 0) is 35.3 Å². The van der Waals surface area contributed by atoms with Crippen molar-refractivity contribution >= 4 is 29.3 Å². The van der Waals surface area contributed by atoms with Crippen LogP contribution in [0, 0.1) is 0 Å². The van der Waals surface area contributed by atoms with Crippen molar-refractivity contribution in [2.75, 3.05) is 13.2 Å². The fourth-order valence-electron chi connectivity index (χ4n) is 0.847. The highest BCUT2D eigenvalue weighted by atomic mass is 35.9. The molecule has 94 valence electrons. The molecule has 0 bridgehead atoms. The average Bonchev–Trinajstić information content (AvgIpc) is 2.22. The monoisotopic (exact) mass is 276 g/mol. The molecule has 0 aliphatic rings. The maximum atomic E-state index is 8.20. The number of rotatable bonds is 8. The lowest BCUT2D eigenvalue weighted by Gasteiger charge is -2.00. The summed E-state index contributed by atoms with van der Waals surface area (Å²) in [6.45, 7) is 4.15. The smallest absolute Gasteiger partial charge is 0.225 e. The van der Waals surface area contributed by atoms with E-state index in [2.05, 4.69) is 13.8 Å². The standard InChI is InChI=1S/C5H11Cl2OP.C5H12O/c1-2-3-4-5-8-9(6)7;1-2-3-4-5-6/h2-5H2,1H3;6H,2-5H2,1H3. The molecule has 0 saturated heterocycles. The predicted molar refractivity (Wildman–Crippen MR) is 70.7 cm³/mol. The quantitative estimate of drug-likeness (QED) is 0.496. The first-order valence-corrected chi connectivity index (χ1v) is 8.61. The molecule has 0 rings (SSSR count). The average molecular weight is 277 g/mol. The van der Waals surface area contributed by atoms with Gasteiger partial charge in [-0.2, -0.15) is 0 Å². The van der Waals surface area contributed by atoms with Gasteiger partial charge in [0.2, 0.25) is 6.85 Å². The minimum absolute atomic E-state index is 0.355. The molecule has 0 spiro atoms. The lowest BCUT2D eigenvalue weighted by molar-refractivity contribution is 0.284. The molecule has 0 atom stereocenters. The summed E-state index contributed by atoms with van der Waals surface area (Å²) in [7, 11) is 0. The second kappa shape index (κ2) is 17.3. The summed E-state index contributed by atoms with van der Waals surface area (Å²) in [6, 6.07) is 0. The van der Waals surface area contributed by atoms with Crippen LogP contribution in [0.4, 0.5) is 0 Å². The molecule has 0 aliphatic carbocycles. The molecule has 0 radical (unpaired) electrons. The minimum atomic E-state index is -1.17. The van der Waals surface area contributed by atoms with Crippen molar-refractivity contribution in [1.29, 1.82) is 0 Å². The lowest BCUT2D eigenvalue weighted by Crippen LogP contribution is -1.83. The van der Waals surface area contributed by atoms with Crippen molar-refractivity contribution in [2.24, 2.45) is 0 Å². The maximum Gasteiger partial charge on any atom is 0.225 e. The van der Waals surface area contributed by atoms with Crippen molar-refractivity contribution in [1.82, 2.24) is 0 Å². The van der Waals surface area contributed by atoms with E-state index in [1.807, 2.05) is 0 Å². The van der Waals surface area contributed by atoms with E-state index >= 15 is 0 Å². The molecule has 0 aromatic heterocycles. The zero-order valence-electron chi connectivity index (χ0n) is 9.72. The van der Waals surface area contributed by atoms with Crippen LogP contribution >= 0.6 is 29.3 Å². The molecular weight excluding hydrogens is 254 g/mol. The molecule has 2 nitrogen and oxygen atoms in total. The van der Waals surface area contributed by atoms with E-state index in [9.17, 15) is 0 Å². The third-order valence-corrected chi connectivity index (χ3v) is 2.66. The van der Waals surface area contributed by atoms with Gasteiger partial charge in [-0.1, -0.05) is 39.5 Å². The van der Waals surface area contributed by atoms with Crippen LogP contribution in [-0.2, 0) is 4.52 Å². The summed E-state index contributed by atoms with van der Waals surface area (Å²) in [5.74, 6) is 0. The van der Waals surface area contributed by atoms with Crippen LogP contribution in [0.2, 0.25) is 0 Å². The highest BCUT2D eigenvalue weighted by molar-refractivity contribution is 8.00. The fraction of sp³-hybridized carbons (Fsp3) is 1.00. The van der Waals surface area contributed by atoms with Gasteiger partial charge < -0.3 is 9.63 Å². The maximum absolute atomic E-state index is 8.20. The third kappa shape index (κ3) is 25.3. The topological polar surface area (TPSA) is 29.5 Å². The van der Waals surface area contributed by atoms with Crippen LogP contribution in [0.3, 0.4) is 0 Å². The van der Waals surface area contributed by atoms with Gasteiger partial charge in [-0.15, -0.1) is 0 Å². The predicted octanol–water partition coefficient (Wildman–Crippen LogP) is 5.07. The van der Waals surface area contributed by atoms with Crippen molar-refractivity contribution in [3.05, 3.63) is 0 Å². The van der Waals surface area contributed by atoms with Crippen molar-refractivity contribution in [3.8, 4) is 0 Å². The summed E-state index contributed by atoms with van der Waals surface area (Å²) >= 11 is 10.7. The lowest BCUT2D eigenvalue weighted by atomic mass is 10.3. The number of halogens is 2. The Morgan fingerprint density at radius 1 is 1.00 bits per heavy atom. The summed E-state index contributed by atoms with van der Waals surface area (Å²) in [5.41, 5.74) is 0. The molecule has 15 heavy (non-hydrogen) atoms.